The summed E-state index contributed by atoms with van der Waals surface area (Å²) < 4.78 is 0. The van der Waals surface area contributed by atoms with Gasteiger partial charge in [-0.2, -0.15) is 0 Å². The van der Waals surface area contributed by atoms with Gasteiger partial charge in [0.25, 0.3) is 0 Å². The molecule has 0 saturated carbocycles. The van der Waals surface area contributed by atoms with Crippen LogP contribution in [0.25, 0.3) is 0 Å². The second kappa shape index (κ2) is 8.78. The van der Waals surface area contributed by atoms with Crippen LogP contribution in [0.3, 0.4) is 0 Å². The lowest BCUT2D eigenvalue weighted by atomic mass is 10.1. The molecule has 128 valence electrons. The van der Waals surface area contributed by atoms with Gasteiger partial charge in [0.2, 0.25) is 0 Å². The summed E-state index contributed by atoms with van der Waals surface area (Å²) in [4.78, 5) is 13.2. The molecule has 0 aliphatic carbocycles. The second-order valence-corrected chi connectivity index (χ2v) is 5.88. The minimum Gasteiger partial charge on any atom is -0.370 e. The molecule has 0 fully saturated rings. The molecule has 0 saturated heterocycles. The van der Waals surface area contributed by atoms with Crippen molar-refractivity contribution < 1.29 is 0 Å². The average Bonchev–Trinajstić information content (AvgIpc) is 2.65. The molecule has 3 rings (SSSR count). The Balaban J connectivity index is 1.50. The van der Waals surface area contributed by atoms with Crippen LogP contribution in [0, 0.1) is 6.92 Å². The van der Waals surface area contributed by atoms with Gasteiger partial charge in [-0.1, -0.05) is 36.4 Å². The van der Waals surface area contributed by atoms with Crippen LogP contribution in [-0.2, 0) is 13.0 Å². The molecule has 25 heavy (non-hydrogen) atoms. The monoisotopic (exact) mass is 333 g/mol. The largest absolute Gasteiger partial charge is 0.370 e. The first-order valence-electron chi connectivity index (χ1n) is 8.57. The summed E-state index contributed by atoms with van der Waals surface area (Å²) in [5.74, 6) is 2.41. The fourth-order valence-electron chi connectivity index (χ4n) is 2.59. The Bertz CT molecular complexity index is 775. The van der Waals surface area contributed by atoms with Crippen molar-refractivity contribution in [1.82, 2.24) is 15.0 Å². The summed E-state index contributed by atoms with van der Waals surface area (Å²) in [6.07, 6.45) is 3.91. The Hall–Kier alpha value is -2.95. The normalized spacial score (nSPS) is 10.4. The average molecular weight is 333 g/mol. The van der Waals surface area contributed by atoms with E-state index in [-0.39, 0.29) is 0 Å². The first-order chi connectivity index (χ1) is 12.3. The van der Waals surface area contributed by atoms with Crippen LogP contribution in [0.1, 0.15) is 23.5 Å². The molecule has 0 aliphatic heterocycles. The molecule has 0 radical (unpaired) electrons. The molecular weight excluding hydrogens is 310 g/mol. The summed E-state index contributed by atoms with van der Waals surface area (Å²) in [6.45, 7) is 3.43. The lowest BCUT2D eigenvalue weighted by Gasteiger charge is -2.10. The summed E-state index contributed by atoms with van der Waals surface area (Å²) in [5.41, 5.74) is 2.34. The third kappa shape index (κ3) is 5.57. The molecule has 1 aromatic carbocycles. The number of rotatable bonds is 8. The van der Waals surface area contributed by atoms with E-state index in [2.05, 4.69) is 49.9 Å². The van der Waals surface area contributed by atoms with Crippen LogP contribution >= 0.6 is 0 Å². The maximum atomic E-state index is 4.46. The van der Waals surface area contributed by atoms with Gasteiger partial charge in [0.15, 0.2) is 0 Å². The summed E-state index contributed by atoms with van der Waals surface area (Å²) in [5, 5.41) is 6.69. The molecule has 0 aliphatic rings. The maximum absolute atomic E-state index is 4.46. The lowest BCUT2D eigenvalue weighted by molar-refractivity contribution is 0.855. The van der Waals surface area contributed by atoms with Crippen LogP contribution < -0.4 is 10.6 Å². The Kier molecular flexibility index (Phi) is 5.93. The highest BCUT2D eigenvalue weighted by Crippen LogP contribution is 2.12. The highest BCUT2D eigenvalue weighted by Gasteiger charge is 2.02. The first kappa shape index (κ1) is 16.9. The Morgan fingerprint density at radius 3 is 2.40 bits per heavy atom. The molecule has 2 heterocycles. The van der Waals surface area contributed by atoms with E-state index in [1.165, 1.54) is 5.56 Å². The number of anilines is 2. The van der Waals surface area contributed by atoms with E-state index < -0.39 is 0 Å². The molecule has 5 nitrogen and oxygen atoms in total. The number of aryl methyl sites for hydroxylation is 2. The first-order valence-corrected chi connectivity index (χ1v) is 8.57. The number of nitrogens with one attached hydrogen (secondary N) is 2. The number of aromatic nitrogens is 3. The van der Waals surface area contributed by atoms with Crippen LogP contribution in [0.15, 0.2) is 60.8 Å². The number of nitrogens with zero attached hydrogens (tertiary/aromatic N) is 3. The van der Waals surface area contributed by atoms with Crippen LogP contribution in [0.2, 0.25) is 0 Å². The van der Waals surface area contributed by atoms with Gasteiger partial charge < -0.3 is 10.6 Å². The molecule has 0 bridgehead atoms. The number of pyridine rings is 1. The van der Waals surface area contributed by atoms with Crippen molar-refractivity contribution >= 4 is 11.6 Å². The summed E-state index contributed by atoms with van der Waals surface area (Å²) in [6, 6.07) is 18.4. The third-order valence-corrected chi connectivity index (χ3v) is 3.81. The second-order valence-electron chi connectivity index (χ2n) is 5.88. The van der Waals surface area contributed by atoms with Crippen molar-refractivity contribution in [2.24, 2.45) is 0 Å². The predicted molar refractivity (Wildman–Crippen MR) is 102 cm³/mol. The van der Waals surface area contributed by atoms with E-state index in [9.17, 15) is 0 Å². The maximum Gasteiger partial charge on any atom is 0.132 e. The van der Waals surface area contributed by atoms with E-state index in [1.807, 2.05) is 37.3 Å². The fraction of sp³-hybridized carbons (Fsp3) is 0.250. The predicted octanol–water partition coefficient (Wildman–Crippen LogP) is 3.84. The van der Waals surface area contributed by atoms with Crippen molar-refractivity contribution in [3.8, 4) is 0 Å². The van der Waals surface area contributed by atoms with Gasteiger partial charge in [0.1, 0.15) is 17.5 Å². The van der Waals surface area contributed by atoms with Crippen molar-refractivity contribution in [3.05, 3.63) is 77.9 Å². The number of benzene rings is 1. The number of hydrogen-bond acceptors (Lipinski definition) is 5. The Labute approximate surface area is 148 Å². The molecule has 0 amide bonds. The third-order valence-electron chi connectivity index (χ3n) is 3.81. The molecule has 0 atom stereocenters. The van der Waals surface area contributed by atoms with Gasteiger partial charge in [-0.15, -0.1) is 0 Å². The molecule has 5 heteroatoms. The van der Waals surface area contributed by atoms with Crippen molar-refractivity contribution in [2.45, 2.75) is 26.3 Å². The van der Waals surface area contributed by atoms with E-state index in [0.29, 0.717) is 6.54 Å². The smallest absolute Gasteiger partial charge is 0.132 e. The van der Waals surface area contributed by atoms with Crippen LogP contribution in [0.5, 0.6) is 0 Å². The Morgan fingerprint density at radius 1 is 0.880 bits per heavy atom. The van der Waals surface area contributed by atoms with E-state index in [4.69, 9.17) is 0 Å². The molecule has 2 aromatic heterocycles. The number of hydrogen-bond donors (Lipinski definition) is 2. The zero-order valence-corrected chi connectivity index (χ0v) is 14.4. The highest BCUT2D eigenvalue weighted by molar-refractivity contribution is 5.47. The minimum atomic E-state index is 0.644. The molecule has 2 N–H and O–H groups in total. The van der Waals surface area contributed by atoms with Gasteiger partial charge in [-0.05, 0) is 37.5 Å². The lowest BCUT2D eigenvalue weighted by Crippen LogP contribution is -2.09. The minimum absolute atomic E-state index is 0.644. The topological polar surface area (TPSA) is 62.7 Å². The van der Waals surface area contributed by atoms with Crippen molar-refractivity contribution in [1.29, 1.82) is 0 Å². The molecule has 0 spiro atoms. The van der Waals surface area contributed by atoms with E-state index in [0.717, 1.165) is 42.5 Å². The molecule has 3 aromatic rings. The zero-order valence-electron chi connectivity index (χ0n) is 14.4. The van der Waals surface area contributed by atoms with Gasteiger partial charge in [-0.3, -0.25) is 4.98 Å². The van der Waals surface area contributed by atoms with E-state index in [1.54, 1.807) is 6.20 Å². The van der Waals surface area contributed by atoms with Gasteiger partial charge in [-0.25, -0.2) is 9.97 Å². The Morgan fingerprint density at radius 2 is 1.64 bits per heavy atom. The van der Waals surface area contributed by atoms with Gasteiger partial charge >= 0.3 is 0 Å². The van der Waals surface area contributed by atoms with Crippen LogP contribution in [0.4, 0.5) is 11.6 Å². The fourth-order valence-corrected chi connectivity index (χ4v) is 2.59. The molecule has 0 unspecified atom stereocenters. The SMILES string of the molecule is Cc1nc(NCCCc2ccccc2)cc(NCc2ccccn2)n1. The van der Waals surface area contributed by atoms with Gasteiger partial charge in [0, 0.05) is 18.8 Å². The summed E-state index contributed by atoms with van der Waals surface area (Å²) >= 11 is 0. The van der Waals surface area contributed by atoms with Crippen molar-refractivity contribution in [2.75, 3.05) is 17.2 Å². The van der Waals surface area contributed by atoms with E-state index >= 15 is 0 Å². The standard InChI is InChI=1S/C20H23N5/c1-16-24-19(22-13-7-10-17-8-3-2-4-9-17)14-20(25-16)23-15-18-11-5-6-12-21-18/h2-6,8-9,11-12,14H,7,10,13,15H2,1H3,(H2,22,23,24,25). The zero-order chi connectivity index (χ0) is 17.3. The summed E-state index contributed by atoms with van der Waals surface area (Å²) in [7, 11) is 0. The van der Waals surface area contributed by atoms with Crippen LogP contribution in [-0.4, -0.2) is 21.5 Å². The van der Waals surface area contributed by atoms with Crippen molar-refractivity contribution in [3.63, 3.8) is 0 Å². The van der Waals surface area contributed by atoms with Gasteiger partial charge in [0.05, 0.1) is 12.2 Å². The quantitative estimate of drug-likeness (QED) is 0.613. The highest BCUT2D eigenvalue weighted by atomic mass is 15.1. The molecular formula is C20H23N5.